The maximum Gasteiger partial charge on any atom is 0.253 e. The van der Waals surface area contributed by atoms with E-state index in [1.165, 1.54) is 7.11 Å². The molecule has 1 aromatic carbocycles. The van der Waals surface area contributed by atoms with Crippen LogP contribution in [-0.2, 0) is 9.53 Å². The summed E-state index contributed by atoms with van der Waals surface area (Å²) < 4.78 is 4.86. The molecular formula is C11H14N2O2. The van der Waals surface area contributed by atoms with Gasteiger partial charge in [-0.3, -0.25) is 4.79 Å². The number of nitrogens with one attached hydrogen (secondary N) is 1. The van der Waals surface area contributed by atoms with Crippen molar-refractivity contribution in [2.75, 3.05) is 37.0 Å². The second-order valence-corrected chi connectivity index (χ2v) is 3.42. The minimum atomic E-state index is 0.00597. The summed E-state index contributed by atoms with van der Waals surface area (Å²) in [6, 6.07) is 7.80. The minimum absolute atomic E-state index is 0.00597. The fourth-order valence-electron chi connectivity index (χ4n) is 1.74. The second kappa shape index (κ2) is 4.31. The largest absolute Gasteiger partial charge is 0.382 e. The molecule has 4 nitrogen and oxygen atoms in total. The van der Waals surface area contributed by atoms with Crippen molar-refractivity contribution in [3.63, 3.8) is 0 Å². The summed E-state index contributed by atoms with van der Waals surface area (Å²) in [6.45, 7) is 1.61. The number of para-hydroxylation sites is 2. The number of carbonyl (C=O) groups is 1. The fourth-order valence-corrected chi connectivity index (χ4v) is 1.74. The molecule has 1 N–H and O–H groups in total. The van der Waals surface area contributed by atoms with E-state index in [0.29, 0.717) is 6.54 Å². The number of methoxy groups -OCH3 is 1. The van der Waals surface area contributed by atoms with E-state index < -0.39 is 0 Å². The number of fused-ring (bicyclic) bond motifs is 1. The van der Waals surface area contributed by atoms with Gasteiger partial charge in [0.05, 0.1) is 11.4 Å². The molecule has 80 valence electrons. The number of amides is 1. The molecule has 0 unspecified atom stereocenters. The van der Waals surface area contributed by atoms with Gasteiger partial charge in [-0.05, 0) is 12.1 Å². The van der Waals surface area contributed by atoms with E-state index in [4.69, 9.17) is 4.74 Å². The van der Waals surface area contributed by atoms with Crippen molar-refractivity contribution in [1.29, 1.82) is 0 Å². The summed E-state index contributed by atoms with van der Waals surface area (Å²) in [7, 11) is 1.53. The maximum absolute atomic E-state index is 11.7. The molecule has 2 rings (SSSR count). The van der Waals surface area contributed by atoms with Gasteiger partial charge in [0.15, 0.2) is 0 Å². The number of ether oxygens (including phenoxy) is 1. The lowest BCUT2D eigenvalue weighted by Gasteiger charge is -2.30. The molecule has 1 heterocycles. The van der Waals surface area contributed by atoms with Crippen LogP contribution in [0, 0.1) is 0 Å². The Morgan fingerprint density at radius 1 is 1.53 bits per heavy atom. The molecule has 1 amide bonds. The monoisotopic (exact) mass is 206 g/mol. The highest BCUT2D eigenvalue weighted by molar-refractivity contribution is 5.98. The standard InChI is InChI=1S/C11H14N2O2/c1-15-8-11(14)13-7-6-12-9-4-2-3-5-10(9)13/h2-5,12H,6-8H2,1H3. The molecule has 15 heavy (non-hydrogen) atoms. The van der Waals surface area contributed by atoms with Crippen LogP contribution < -0.4 is 10.2 Å². The van der Waals surface area contributed by atoms with Crippen LogP contribution in [0.25, 0.3) is 0 Å². The van der Waals surface area contributed by atoms with E-state index >= 15 is 0 Å². The van der Waals surface area contributed by atoms with Gasteiger partial charge >= 0.3 is 0 Å². The number of hydrogen-bond acceptors (Lipinski definition) is 3. The molecule has 0 spiro atoms. The number of carbonyl (C=O) groups excluding carboxylic acids is 1. The highest BCUT2D eigenvalue weighted by atomic mass is 16.5. The number of hydrogen-bond donors (Lipinski definition) is 1. The molecule has 0 atom stereocenters. The van der Waals surface area contributed by atoms with E-state index in [0.717, 1.165) is 17.9 Å². The molecule has 0 aromatic heterocycles. The first-order valence-electron chi connectivity index (χ1n) is 4.95. The van der Waals surface area contributed by atoms with Gasteiger partial charge in [-0.15, -0.1) is 0 Å². The Morgan fingerprint density at radius 2 is 2.33 bits per heavy atom. The van der Waals surface area contributed by atoms with E-state index in [2.05, 4.69) is 5.32 Å². The van der Waals surface area contributed by atoms with Crippen LogP contribution in [0.2, 0.25) is 0 Å². The van der Waals surface area contributed by atoms with Crippen LogP contribution >= 0.6 is 0 Å². The number of benzene rings is 1. The number of rotatable bonds is 2. The van der Waals surface area contributed by atoms with E-state index in [-0.39, 0.29) is 12.5 Å². The predicted molar refractivity (Wildman–Crippen MR) is 59.2 cm³/mol. The summed E-state index contributed by atoms with van der Waals surface area (Å²) in [5.41, 5.74) is 1.94. The van der Waals surface area contributed by atoms with Crippen molar-refractivity contribution in [2.24, 2.45) is 0 Å². The van der Waals surface area contributed by atoms with Crippen LogP contribution in [0.1, 0.15) is 0 Å². The Labute approximate surface area is 88.8 Å². The summed E-state index contributed by atoms with van der Waals surface area (Å²) in [5.74, 6) is 0.00597. The molecule has 0 saturated heterocycles. The van der Waals surface area contributed by atoms with Crippen LogP contribution in [0.4, 0.5) is 11.4 Å². The number of anilines is 2. The average Bonchev–Trinajstić information content (AvgIpc) is 2.28. The molecule has 0 aliphatic carbocycles. The van der Waals surface area contributed by atoms with Crippen LogP contribution in [0.15, 0.2) is 24.3 Å². The third-order valence-electron chi connectivity index (χ3n) is 2.41. The van der Waals surface area contributed by atoms with Crippen molar-refractivity contribution in [1.82, 2.24) is 0 Å². The smallest absolute Gasteiger partial charge is 0.253 e. The van der Waals surface area contributed by atoms with Gasteiger partial charge in [0.1, 0.15) is 6.61 Å². The Bertz CT molecular complexity index is 365. The van der Waals surface area contributed by atoms with Crippen molar-refractivity contribution in [3.8, 4) is 0 Å². The average molecular weight is 206 g/mol. The van der Waals surface area contributed by atoms with Gasteiger partial charge in [0, 0.05) is 20.2 Å². The van der Waals surface area contributed by atoms with Crippen LogP contribution in [-0.4, -0.2) is 32.7 Å². The topological polar surface area (TPSA) is 41.6 Å². The van der Waals surface area contributed by atoms with E-state index in [1.54, 1.807) is 4.90 Å². The zero-order valence-corrected chi connectivity index (χ0v) is 8.69. The lowest BCUT2D eigenvalue weighted by atomic mass is 10.2. The van der Waals surface area contributed by atoms with Crippen molar-refractivity contribution < 1.29 is 9.53 Å². The lowest BCUT2D eigenvalue weighted by molar-refractivity contribution is -0.122. The minimum Gasteiger partial charge on any atom is -0.382 e. The highest BCUT2D eigenvalue weighted by Gasteiger charge is 2.21. The van der Waals surface area contributed by atoms with Gasteiger partial charge in [-0.25, -0.2) is 0 Å². The SMILES string of the molecule is COCC(=O)N1CCNc2ccccc21. The molecule has 0 saturated carbocycles. The Kier molecular flexibility index (Phi) is 2.87. The Morgan fingerprint density at radius 3 is 3.13 bits per heavy atom. The van der Waals surface area contributed by atoms with Gasteiger partial charge in [0.25, 0.3) is 5.91 Å². The van der Waals surface area contributed by atoms with Crippen LogP contribution in [0.5, 0.6) is 0 Å². The highest BCUT2D eigenvalue weighted by Crippen LogP contribution is 2.28. The van der Waals surface area contributed by atoms with Crippen LogP contribution in [0.3, 0.4) is 0 Å². The normalized spacial score (nSPS) is 14.3. The zero-order valence-electron chi connectivity index (χ0n) is 8.69. The molecule has 1 aromatic rings. The quantitative estimate of drug-likeness (QED) is 0.787. The van der Waals surface area contributed by atoms with Gasteiger partial charge < -0.3 is 15.0 Å². The van der Waals surface area contributed by atoms with Crippen molar-refractivity contribution in [2.45, 2.75) is 0 Å². The number of nitrogens with zero attached hydrogens (tertiary/aromatic N) is 1. The molecule has 0 bridgehead atoms. The maximum atomic E-state index is 11.7. The first kappa shape index (κ1) is 9.98. The Balaban J connectivity index is 2.25. The second-order valence-electron chi connectivity index (χ2n) is 3.42. The molecule has 0 fully saturated rings. The van der Waals surface area contributed by atoms with E-state index in [1.807, 2.05) is 24.3 Å². The zero-order chi connectivity index (χ0) is 10.7. The summed E-state index contributed by atoms with van der Waals surface area (Å²) in [5, 5.41) is 3.25. The molecule has 1 aliphatic heterocycles. The van der Waals surface area contributed by atoms with E-state index in [9.17, 15) is 4.79 Å². The molecular weight excluding hydrogens is 192 g/mol. The Hall–Kier alpha value is -1.55. The first-order valence-corrected chi connectivity index (χ1v) is 4.95. The van der Waals surface area contributed by atoms with Gasteiger partial charge in [-0.2, -0.15) is 0 Å². The fraction of sp³-hybridized carbons (Fsp3) is 0.364. The van der Waals surface area contributed by atoms with Crippen molar-refractivity contribution >= 4 is 17.3 Å². The molecule has 0 radical (unpaired) electrons. The lowest BCUT2D eigenvalue weighted by Crippen LogP contribution is -2.40. The summed E-state index contributed by atoms with van der Waals surface area (Å²) in [4.78, 5) is 13.5. The molecule has 1 aliphatic rings. The third kappa shape index (κ3) is 1.94. The molecule has 4 heteroatoms. The summed E-state index contributed by atoms with van der Waals surface area (Å²) >= 11 is 0. The van der Waals surface area contributed by atoms with Gasteiger partial charge in [0.2, 0.25) is 0 Å². The third-order valence-corrected chi connectivity index (χ3v) is 2.41. The predicted octanol–water partition coefficient (Wildman–Crippen LogP) is 1.09. The summed E-state index contributed by atoms with van der Waals surface area (Å²) in [6.07, 6.45) is 0. The van der Waals surface area contributed by atoms with Crippen molar-refractivity contribution in [3.05, 3.63) is 24.3 Å². The van der Waals surface area contributed by atoms with Gasteiger partial charge in [-0.1, -0.05) is 12.1 Å². The first-order chi connectivity index (χ1) is 7.33.